The number of benzene rings is 6. The van der Waals surface area contributed by atoms with E-state index in [1.165, 1.54) is 54.7 Å². The van der Waals surface area contributed by atoms with Crippen LogP contribution in [0.1, 0.15) is 110 Å². The van der Waals surface area contributed by atoms with Crippen LogP contribution in [0.15, 0.2) is 186 Å². The van der Waals surface area contributed by atoms with Crippen LogP contribution in [0, 0.1) is 11.3 Å². The average Bonchev–Trinajstić information content (AvgIpc) is 0.876. The van der Waals surface area contributed by atoms with Gasteiger partial charge in [-0.15, -0.1) is 0 Å². The molecular weight excluding hydrogens is 1520 g/mol. The van der Waals surface area contributed by atoms with Gasteiger partial charge in [0.2, 0.25) is 5.90 Å². The van der Waals surface area contributed by atoms with Gasteiger partial charge in [0.1, 0.15) is 12.8 Å². The van der Waals surface area contributed by atoms with Gasteiger partial charge in [0.25, 0.3) is 0 Å². The van der Waals surface area contributed by atoms with Crippen LogP contribution >= 0.6 is 7.92 Å². The summed E-state index contributed by atoms with van der Waals surface area (Å²) in [6.45, 7) is 5.21. The molecule has 6 aromatic rings. The molecule has 0 fully saturated rings. The zero-order valence-electron chi connectivity index (χ0n) is 50.0. The Kier molecular flexibility index (Phi) is 23.1. The summed E-state index contributed by atoms with van der Waals surface area (Å²) in [5, 5.41) is 4.48. The molecule has 0 bridgehead atoms. The molecule has 0 aromatic heterocycles. The molecule has 29 heteroatoms. The van der Waals surface area contributed by atoms with E-state index in [2.05, 4.69) is 111 Å². The molecule has 1 radical (unpaired) electrons. The maximum absolute atomic E-state index is 14.2. The quantitative estimate of drug-likeness (QED) is 0.0612. The maximum atomic E-state index is 14.2. The van der Waals surface area contributed by atoms with E-state index in [-0.39, 0.29) is 31.6 Å². The molecule has 2 nitrogen and oxygen atoms in total. The van der Waals surface area contributed by atoms with Crippen molar-refractivity contribution in [3.63, 3.8) is 0 Å². The van der Waals surface area contributed by atoms with Crippen LogP contribution in [0.25, 0.3) is 0 Å². The number of nitrogens with zero attached hydrogens (tertiary/aromatic N) is 1. The van der Waals surface area contributed by atoms with E-state index in [1.54, 1.807) is 5.31 Å². The molecule has 1 spiro atoms. The summed E-state index contributed by atoms with van der Waals surface area (Å²) in [7, 11) is -0.566. The van der Waals surface area contributed by atoms with Gasteiger partial charge in [-0.25, -0.2) is 4.99 Å². The predicted molar refractivity (Wildman–Crippen MR) is 315 cm³/mol. The molecule has 1 aliphatic heterocycles. The van der Waals surface area contributed by atoms with Gasteiger partial charge < -0.3 is 4.74 Å². The molecule has 2 atom stereocenters. The van der Waals surface area contributed by atoms with Crippen molar-refractivity contribution in [2.75, 3.05) is 6.61 Å². The van der Waals surface area contributed by atoms with Gasteiger partial charge in [0, 0.05) is 31.1 Å². The Morgan fingerprint density at radius 1 is 0.396 bits per heavy atom. The molecule has 1 heterocycles. The Labute approximate surface area is 549 Å². The molecule has 519 valence electrons. The number of halogens is 24. The Bertz CT molecular complexity index is 3350. The summed E-state index contributed by atoms with van der Waals surface area (Å²) in [6.07, 6.45) is -31.2. The summed E-state index contributed by atoms with van der Waals surface area (Å²) < 4.78 is 347. The Hall–Kier alpha value is -6.79. The fourth-order valence-corrected chi connectivity index (χ4v) is 15.0. The first kappa shape index (κ1) is 76.6. The Balaban J connectivity index is 0.000000273. The minimum Gasteiger partial charge on any atom is -0.475 e. The van der Waals surface area contributed by atoms with Gasteiger partial charge in [0.15, 0.2) is 0 Å². The number of ether oxygens (including phenoxy) is 1. The van der Waals surface area contributed by atoms with Crippen molar-refractivity contribution in [1.29, 1.82) is 0 Å². The first-order valence-corrected chi connectivity index (χ1v) is 30.5. The van der Waals surface area contributed by atoms with Crippen LogP contribution in [0.4, 0.5) is 105 Å². The Morgan fingerprint density at radius 2 is 0.667 bits per heavy atom. The topological polar surface area (TPSA) is 21.6 Å². The number of allylic oxidation sites excluding steroid dienone is 7. The summed E-state index contributed by atoms with van der Waals surface area (Å²) in [4.78, 5) is 5.03. The molecule has 96 heavy (non-hydrogen) atoms. The normalized spacial score (nSPS) is 18.8. The molecule has 0 amide bonds. The standard InChI is InChI=1S/C32H12BF24.C27H30NOP.C8H12.Ir/c34-25(35,36)13-1-14(26(37,38)39)6-21(5-13)33(22-7-15(27(40,41)42)2-16(8-22)28(43,44)45,23-9-17(29(46,47)48)3-18(10-23)30(49,50)51)24-11-19(31(52,53)54)4-20(12-24)32(55,56)57;1-20(2)24-19-29-26(28-24)23-15-9-17-27(23)18-10-16-25(27)30(21-11-5-3-6-12-21)22-13-7-4-8-14-22;1-2-4-6-8-7-5-3-1;/h1-12H;3-8,11-16,20,24H,9-10,17-19H2,1-2H3;1-2,7-8H,3-6H2;/q-1;;;/b;;2-1-,8-7-;/t;24-,27+;;/m.1../s1. The van der Waals surface area contributed by atoms with Crippen molar-refractivity contribution in [3.8, 4) is 0 Å². The smallest absolute Gasteiger partial charge is 0.416 e. The van der Waals surface area contributed by atoms with E-state index in [0.717, 1.165) is 25.3 Å². The zero-order valence-corrected chi connectivity index (χ0v) is 53.3. The Morgan fingerprint density at radius 3 is 0.917 bits per heavy atom. The zero-order chi connectivity index (χ0) is 70.1. The molecule has 0 saturated heterocycles. The van der Waals surface area contributed by atoms with E-state index < -0.39 is 203 Å². The van der Waals surface area contributed by atoms with Gasteiger partial charge in [-0.05, 0) is 105 Å². The molecule has 4 aliphatic rings. The van der Waals surface area contributed by atoms with Crippen molar-refractivity contribution in [1.82, 2.24) is 0 Å². The van der Waals surface area contributed by atoms with Gasteiger partial charge in [-0.1, -0.05) is 159 Å². The number of aliphatic imine (C=N–C) groups is 1. The van der Waals surface area contributed by atoms with Crippen LogP contribution < -0.4 is 32.5 Å². The second-order valence-corrected chi connectivity index (χ2v) is 25.4. The van der Waals surface area contributed by atoms with E-state index in [9.17, 15) is 105 Å². The molecule has 3 aliphatic carbocycles. The van der Waals surface area contributed by atoms with Crippen LogP contribution in [-0.4, -0.2) is 24.7 Å². The third kappa shape index (κ3) is 17.5. The molecule has 6 aromatic carbocycles. The third-order valence-electron chi connectivity index (χ3n) is 16.6. The summed E-state index contributed by atoms with van der Waals surface area (Å²) in [5.74, 6) is 1.44. The fraction of sp³-hybridized carbons (Fsp3) is 0.328. The van der Waals surface area contributed by atoms with E-state index in [4.69, 9.17) is 9.73 Å². The minimum absolute atomic E-state index is 0. The number of hydrogen-bond donors (Lipinski definition) is 0. The van der Waals surface area contributed by atoms with E-state index in [0.29, 0.717) is 5.92 Å². The average molecular weight is 1580 g/mol. The van der Waals surface area contributed by atoms with Crippen molar-refractivity contribution >= 4 is 52.4 Å². The van der Waals surface area contributed by atoms with E-state index in [1.807, 2.05) is 0 Å². The van der Waals surface area contributed by atoms with Crippen LogP contribution in [-0.2, 0) is 74.3 Å². The molecule has 10 rings (SSSR count). The predicted octanol–water partition coefficient (Wildman–Crippen LogP) is 19.8. The van der Waals surface area contributed by atoms with Gasteiger partial charge in [-0.2, -0.15) is 127 Å². The number of hydrogen-bond acceptors (Lipinski definition) is 2. The summed E-state index contributed by atoms with van der Waals surface area (Å²) in [5.41, 5.74) is -28.7. The van der Waals surface area contributed by atoms with Crippen LogP contribution in [0.5, 0.6) is 0 Å². The largest absolute Gasteiger partial charge is 0.475 e. The third-order valence-corrected chi connectivity index (χ3v) is 19.3. The molecular formula is C67H54BF24IrNOP-. The van der Waals surface area contributed by atoms with Gasteiger partial charge in [0.05, 0.1) is 50.5 Å². The van der Waals surface area contributed by atoms with E-state index >= 15 is 0 Å². The number of rotatable bonds is 9. The SMILES string of the molecule is C1=C\CC/C=C\CC/1.CC(C)[C@H]1COC(C2=CCC[C@]23CCC=C3P(c2ccccc2)c2ccccc2)=N1.FC(F)(F)c1cc([B-](c2cc(C(F)(F)F)cc(C(F)(F)F)c2)(c2cc(C(F)(F)F)cc(C(F)(F)F)c2)c2cc(C(F)(F)F)cc(C(F)(F)F)c2)cc(C(F)(F)F)c1.[Ir]. The molecule has 0 N–H and O–H groups in total. The maximum Gasteiger partial charge on any atom is 0.416 e. The van der Waals surface area contributed by atoms with Crippen molar-refractivity contribution in [2.45, 2.75) is 121 Å². The fourth-order valence-electron chi connectivity index (χ4n) is 12.1. The van der Waals surface area contributed by atoms with Crippen LogP contribution in [0.3, 0.4) is 0 Å². The second kappa shape index (κ2) is 29.0. The summed E-state index contributed by atoms with van der Waals surface area (Å²) >= 11 is 0. The molecule has 0 unspecified atom stereocenters. The van der Waals surface area contributed by atoms with Crippen molar-refractivity contribution < 1.29 is 130 Å². The van der Waals surface area contributed by atoms with Crippen LogP contribution in [0.2, 0.25) is 0 Å². The second-order valence-electron chi connectivity index (χ2n) is 23.3. The first-order chi connectivity index (χ1) is 44.0. The molecule has 0 saturated carbocycles. The summed E-state index contributed by atoms with van der Waals surface area (Å²) in [6, 6.07) is 13.7. The number of alkyl halides is 24. The van der Waals surface area contributed by atoms with Gasteiger partial charge >= 0.3 is 49.4 Å². The van der Waals surface area contributed by atoms with Crippen molar-refractivity contribution in [3.05, 3.63) is 225 Å². The monoisotopic (exact) mass is 1580 g/mol. The minimum atomic E-state index is -6.13. The first-order valence-electron chi connectivity index (χ1n) is 29.1. The van der Waals surface area contributed by atoms with Crippen molar-refractivity contribution in [2.24, 2.45) is 16.3 Å². The van der Waals surface area contributed by atoms with Gasteiger partial charge in [-0.3, -0.25) is 0 Å².